The number of aromatic nitrogens is 4. The molecule has 0 aliphatic heterocycles. The normalized spacial score (nSPS) is 11.2. The number of hydrogen-bond donors (Lipinski definition) is 2. The molecule has 0 saturated heterocycles. The fourth-order valence-corrected chi connectivity index (χ4v) is 4.00. The number of benzene rings is 1. The van der Waals surface area contributed by atoms with Gasteiger partial charge in [0.1, 0.15) is 11.6 Å². The molecule has 0 fully saturated rings. The minimum absolute atomic E-state index is 0.0835. The van der Waals surface area contributed by atoms with Gasteiger partial charge in [0.05, 0.1) is 23.9 Å². The fraction of sp³-hybridized carbons (Fsp3) is 0.400. The topological polar surface area (TPSA) is 84.7 Å². The summed E-state index contributed by atoms with van der Waals surface area (Å²) in [7, 11) is 0. The lowest BCUT2D eigenvalue weighted by molar-refractivity contribution is -0.118. The maximum atomic E-state index is 12.9. The maximum Gasteiger partial charge on any atom is 0.230 e. The molecule has 30 heavy (non-hydrogen) atoms. The van der Waals surface area contributed by atoms with Gasteiger partial charge in [-0.1, -0.05) is 18.7 Å². The quantitative estimate of drug-likeness (QED) is 0.360. The highest BCUT2D eigenvalue weighted by Gasteiger charge is 2.14. The molecule has 3 rings (SSSR count). The summed E-state index contributed by atoms with van der Waals surface area (Å²) >= 11 is 2.95. The van der Waals surface area contributed by atoms with Crippen LogP contribution in [0.5, 0.6) is 0 Å². The average molecular weight is 449 g/mol. The van der Waals surface area contributed by atoms with E-state index in [2.05, 4.69) is 46.5 Å². The third-order valence-corrected chi connectivity index (χ3v) is 5.75. The summed E-state index contributed by atoms with van der Waals surface area (Å²) < 4.78 is 14.7. The molecular formula is C20H25FN6OS2. The maximum absolute atomic E-state index is 12.9. The second kappa shape index (κ2) is 10.6. The van der Waals surface area contributed by atoms with E-state index in [-0.39, 0.29) is 23.5 Å². The van der Waals surface area contributed by atoms with Gasteiger partial charge in [-0.15, -0.1) is 11.8 Å². The number of fused-ring (bicyclic) bond motifs is 1. The van der Waals surface area contributed by atoms with Crippen molar-refractivity contribution in [1.29, 1.82) is 0 Å². The van der Waals surface area contributed by atoms with Crippen LogP contribution < -0.4 is 10.6 Å². The molecule has 7 nitrogen and oxygen atoms in total. The molecule has 0 atom stereocenters. The molecule has 0 aliphatic rings. The first-order valence-electron chi connectivity index (χ1n) is 9.74. The molecule has 0 spiro atoms. The van der Waals surface area contributed by atoms with Crippen LogP contribution in [0.4, 0.5) is 10.2 Å². The smallest absolute Gasteiger partial charge is 0.230 e. The second-order valence-electron chi connectivity index (χ2n) is 6.78. The van der Waals surface area contributed by atoms with Gasteiger partial charge >= 0.3 is 0 Å². The lowest BCUT2D eigenvalue weighted by Crippen LogP contribution is -2.29. The van der Waals surface area contributed by atoms with Crippen LogP contribution in [0.2, 0.25) is 0 Å². The zero-order chi connectivity index (χ0) is 21.5. The molecule has 0 radical (unpaired) electrons. The van der Waals surface area contributed by atoms with Gasteiger partial charge in [-0.2, -0.15) is 5.10 Å². The number of carbonyl (C=O) groups excluding carboxylic acids is 1. The third-order valence-electron chi connectivity index (χ3n) is 4.00. The summed E-state index contributed by atoms with van der Waals surface area (Å²) in [4.78, 5) is 22.2. The first kappa shape index (κ1) is 22.4. The Labute approximate surface area is 183 Å². The number of hydrogen-bond acceptors (Lipinski definition) is 7. The summed E-state index contributed by atoms with van der Waals surface area (Å²) in [5.41, 5.74) is 0.749. The van der Waals surface area contributed by atoms with Gasteiger partial charge in [0.2, 0.25) is 5.91 Å². The van der Waals surface area contributed by atoms with E-state index < -0.39 is 0 Å². The number of nitrogens with zero attached hydrogens (tertiary/aromatic N) is 4. The number of nitrogens with one attached hydrogen (secondary N) is 2. The summed E-state index contributed by atoms with van der Waals surface area (Å²) in [6.07, 6.45) is 1.76. The van der Waals surface area contributed by atoms with E-state index in [1.807, 2.05) is 0 Å². The number of anilines is 1. The molecular weight excluding hydrogens is 423 g/mol. The van der Waals surface area contributed by atoms with Crippen molar-refractivity contribution in [3.8, 4) is 0 Å². The van der Waals surface area contributed by atoms with E-state index in [1.165, 1.54) is 23.9 Å². The molecule has 2 N–H and O–H groups in total. The summed E-state index contributed by atoms with van der Waals surface area (Å²) in [5, 5.41) is 12.3. The largest absolute Gasteiger partial charge is 0.367 e. The van der Waals surface area contributed by atoms with Crippen LogP contribution in [-0.2, 0) is 11.3 Å². The van der Waals surface area contributed by atoms with Gasteiger partial charge in [0.15, 0.2) is 10.8 Å². The second-order valence-corrected chi connectivity index (χ2v) is 9.06. The Balaban J connectivity index is 1.60. The molecule has 0 saturated carbocycles. The van der Waals surface area contributed by atoms with Crippen LogP contribution in [0.1, 0.15) is 20.8 Å². The van der Waals surface area contributed by atoms with E-state index >= 15 is 0 Å². The number of thioether (sulfide) groups is 2. The predicted octanol–water partition coefficient (Wildman–Crippen LogP) is 3.81. The minimum atomic E-state index is -0.286. The molecule has 2 heterocycles. The van der Waals surface area contributed by atoms with Crippen molar-refractivity contribution in [3.05, 3.63) is 36.3 Å². The minimum Gasteiger partial charge on any atom is -0.367 e. The number of amides is 1. The van der Waals surface area contributed by atoms with E-state index in [0.717, 1.165) is 27.5 Å². The molecule has 0 unspecified atom stereocenters. The Bertz CT molecular complexity index is 993. The number of halogens is 1. The Hall–Kier alpha value is -2.33. The van der Waals surface area contributed by atoms with Gasteiger partial charge in [-0.3, -0.25) is 4.79 Å². The summed E-state index contributed by atoms with van der Waals surface area (Å²) in [5.74, 6) is 1.55. The van der Waals surface area contributed by atoms with Crippen molar-refractivity contribution in [2.75, 3.05) is 23.4 Å². The van der Waals surface area contributed by atoms with Crippen molar-refractivity contribution in [2.24, 2.45) is 0 Å². The molecule has 0 aliphatic carbocycles. The van der Waals surface area contributed by atoms with E-state index in [0.29, 0.717) is 18.2 Å². The third kappa shape index (κ3) is 6.09. The average Bonchev–Trinajstić information content (AvgIpc) is 3.11. The highest BCUT2D eigenvalue weighted by molar-refractivity contribution is 8.00. The number of rotatable bonds is 10. The van der Waals surface area contributed by atoms with Gasteiger partial charge in [-0.05, 0) is 43.9 Å². The van der Waals surface area contributed by atoms with Crippen LogP contribution in [-0.4, -0.2) is 49.7 Å². The monoisotopic (exact) mass is 448 g/mol. The van der Waals surface area contributed by atoms with E-state index in [9.17, 15) is 9.18 Å². The van der Waals surface area contributed by atoms with Crippen LogP contribution in [0.3, 0.4) is 0 Å². The Morgan fingerprint density at radius 2 is 1.97 bits per heavy atom. The summed E-state index contributed by atoms with van der Waals surface area (Å²) in [6, 6.07) is 6.34. The van der Waals surface area contributed by atoms with Gasteiger partial charge < -0.3 is 10.6 Å². The lowest BCUT2D eigenvalue weighted by atomic mass is 10.3. The molecule has 1 aromatic carbocycles. The zero-order valence-corrected chi connectivity index (χ0v) is 18.8. The summed E-state index contributed by atoms with van der Waals surface area (Å²) in [6.45, 7) is 7.12. The van der Waals surface area contributed by atoms with Crippen LogP contribution in [0, 0.1) is 5.82 Å². The van der Waals surface area contributed by atoms with Crippen molar-refractivity contribution >= 4 is 46.3 Å². The van der Waals surface area contributed by atoms with Crippen LogP contribution in [0.15, 0.2) is 40.5 Å². The van der Waals surface area contributed by atoms with E-state index in [4.69, 9.17) is 0 Å². The van der Waals surface area contributed by atoms with Gasteiger partial charge in [0, 0.05) is 17.5 Å². The van der Waals surface area contributed by atoms with Crippen molar-refractivity contribution in [3.63, 3.8) is 0 Å². The fourth-order valence-electron chi connectivity index (χ4n) is 2.71. The van der Waals surface area contributed by atoms with Crippen molar-refractivity contribution in [1.82, 2.24) is 25.1 Å². The zero-order valence-electron chi connectivity index (χ0n) is 17.2. The van der Waals surface area contributed by atoms with Crippen molar-refractivity contribution < 1.29 is 9.18 Å². The Morgan fingerprint density at radius 1 is 1.20 bits per heavy atom. The molecule has 1 amide bonds. The number of carbonyl (C=O) groups is 1. The molecule has 2 aromatic heterocycles. The molecule has 160 valence electrons. The van der Waals surface area contributed by atoms with Gasteiger partial charge in [0.25, 0.3) is 0 Å². The van der Waals surface area contributed by atoms with Gasteiger partial charge in [-0.25, -0.2) is 19.0 Å². The Morgan fingerprint density at radius 3 is 2.67 bits per heavy atom. The highest BCUT2D eigenvalue weighted by Crippen LogP contribution is 2.24. The lowest BCUT2D eigenvalue weighted by Gasteiger charge is -2.11. The van der Waals surface area contributed by atoms with E-state index in [1.54, 1.807) is 34.8 Å². The SMILES string of the molecule is CCSc1nc(NC(C)C)c2cnn(CCNC(=O)CSc3ccc(F)cc3)c2n1. The molecule has 0 bridgehead atoms. The standard InChI is InChI=1S/C20H25FN6OS2/c1-4-29-20-25-18(24-13(2)3)16-11-23-27(19(16)26-20)10-9-22-17(28)12-30-15-7-5-14(21)6-8-15/h5-8,11,13H,4,9-10,12H2,1-3H3,(H,22,28)(H,24,25,26). The van der Waals surface area contributed by atoms with Crippen molar-refractivity contribution in [2.45, 2.75) is 43.4 Å². The predicted molar refractivity (Wildman–Crippen MR) is 121 cm³/mol. The Kier molecular flexibility index (Phi) is 7.92. The molecule has 3 aromatic rings. The first-order chi connectivity index (χ1) is 14.5. The molecule has 10 heteroatoms. The van der Waals surface area contributed by atoms with Crippen LogP contribution in [0.25, 0.3) is 11.0 Å². The first-order valence-corrected chi connectivity index (χ1v) is 11.7. The van der Waals surface area contributed by atoms with Crippen LogP contribution >= 0.6 is 23.5 Å². The highest BCUT2D eigenvalue weighted by atomic mass is 32.2.